The second kappa shape index (κ2) is 6.80. The number of hydrogen-bond acceptors (Lipinski definition) is 3. The third-order valence-corrected chi connectivity index (χ3v) is 4.87. The van der Waals surface area contributed by atoms with Crippen LogP contribution in [-0.2, 0) is 6.54 Å². The third-order valence-electron chi connectivity index (χ3n) is 4.87. The van der Waals surface area contributed by atoms with E-state index in [4.69, 9.17) is 4.74 Å². The second-order valence-electron chi connectivity index (χ2n) is 6.67. The number of nitrogens with zero attached hydrogens (tertiary/aromatic N) is 1. The second-order valence-corrected chi connectivity index (χ2v) is 6.67. The summed E-state index contributed by atoms with van der Waals surface area (Å²) in [6.45, 7) is 3.97. The van der Waals surface area contributed by atoms with Crippen LogP contribution in [0.15, 0.2) is 24.3 Å². The molecule has 2 saturated heterocycles. The van der Waals surface area contributed by atoms with Gasteiger partial charge in [0.25, 0.3) is 0 Å². The maximum Gasteiger partial charge on any atom is 0.119 e. The summed E-state index contributed by atoms with van der Waals surface area (Å²) in [6.07, 6.45) is 6.41. The molecule has 0 radical (unpaired) electrons. The van der Waals surface area contributed by atoms with Gasteiger partial charge in [0, 0.05) is 24.7 Å². The summed E-state index contributed by atoms with van der Waals surface area (Å²) in [4.78, 5) is 2.53. The fourth-order valence-corrected chi connectivity index (χ4v) is 3.76. The molecular formula is C18H28N2O. The Kier molecular flexibility index (Phi) is 4.81. The first kappa shape index (κ1) is 14.9. The van der Waals surface area contributed by atoms with Crippen LogP contribution in [0.4, 0.5) is 0 Å². The van der Waals surface area contributed by atoms with Crippen molar-refractivity contribution in [3.63, 3.8) is 0 Å². The van der Waals surface area contributed by atoms with Crippen LogP contribution in [0.2, 0.25) is 0 Å². The average molecular weight is 288 g/mol. The normalized spacial score (nSPS) is 28.0. The first-order valence-corrected chi connectivity index (χ1v) is 8.42. The number of benzene rings is 1. The number of rotatable bonds is 6. The zero-order valence-corrected chi connectivity index (χ0v) is 13.3. The van der Waals surface area contributed by atoms with E-state index in [9.17, 15) is 0 Å². The van der Waals surface area contributed by atoms with E-state index in [0.717, 1.165) is 43.4 Å². The van der Waals surface area contributed by atoms with Crippen LogP contribution in [0.5, 0.6) is 5.75 Å². The van der Waals surface area contributed by atoms with Gasteiger partial charge in [-0.3, -0.25) is 4.90 Å². The summed E-state index contributed by atoms with van der Waals surface area (Å²) < 4.78 is 5.74. The zero-order chi connectivity index (χ0) is 14.7. The van der Waals surface area contributed by atoms with Crippen molar-refractivity contribution in [2.75, 3.05) is 13.7 Å². The van der Waals surface area contributed by atoms with Gasteiger partial charge in [-0.25, -0.2) is 0 Å². The van der Waals surface area contributed by atoms with E-state index in [1.165, 1.54) is 31.2 Å². The SMILES string of the molecule is CCCOc1cccc(CN(C)C2CC3CCC(C2)N3)c1. The maximum atomic E-state index is 5.74. The van der Waals surface area contributed by atoms with Crippen LogP contribution in [-0.4, -0.2) is 36.7 Å². The van der Waals surface area contributed by atoms with Crippen molar-refractivity contribution in [2.45, 2.75) is 63.7 Å². The fraction of sp³-hybridized carbons (Fsp3) is 0.667. The van der Waals surface area contributed by atoms with Gasteiger partial charge in [0.05, 0.1) is 6.61 Å². The summed E-state index contributed by atoms with van der Waals surface area (Å²) in [7, 11) is 2.27. The van der Waals surface area contributed by atoms with Crippen molar-refractivity contribution >= 4 is 0 Å². The van der Waals surface area contributed by atoms with E-state index in [1.54, 1.807) is 0 Å². The largest absolute Gasteiger partial charge is 0.494 e. The maximum absolute atomic E-state index is 5.74. The highest BCUT2D eigenvalue weighted by molar-refractivity contribution is 5.28. The van der Waals surface area contributed by atoms with Gasteiger partial charge in [-0.15, -0.1) is 0 Å². The number of fused-ring (bicyclic) bond motifs is 2. The molecule has 1 aromatic rings. The quantitative estimate of drug-likeness (QED) is 0.870. The number of hydrogen-bond donors (Lipinski definition) is 1. The lowest BCUT2D eigenvalue weighted by Gasteiger charge is -2.35. The Balaban J connectivity index is 1.58. The van der Waals surface area contributed by atoms with Crippen LogP contribution >= 0.6 is 0 Å². The first-order chi connectivity index (χ1) is 10.2. The van der Waals surface area contributed by atoms with Crippen molar-refractivity contribution in [3.8, 4) is 5.75 Å². The monoisotopic (exact) mass is 288 g/mol. The molecule has 0 amide bonds. The van der Waals surface area contributed by atoms with Crippen LogP contribution in [0, 0.1) is 0 Å². The smallest absolute Gasteiger partial charge is 0.119 e. The van der Waals surface area contributed by atoms with Gasteiger partial charge >= 0.3 is 0 Å². The summed E-state index contributed by atoms with van der Waals surface area (Å²) in [5, 5.41) is 3.72. The molecule has 2 atom stereocenters. The van der Waals surface area contributed by atoms with Crippen molar-refractivity contribution < 1.29 is 4.74 Å². The predicted molar refractivity (Wildman–Crippen MR) is 86.7 cm³/mol. The van der Waals surface area contributed by atoms with Gasteiger partial charge in [-0.2, -0.15) is 0 Å². The molecule has 3 nitrogen and oxygen atoms in total. The number of piperidine rings is 1. The van der Waals surface area contributed by atoms with E-state index in [-0.39, 0.29) is 0 Å². The van der Waals surface area contributed by atoms with Gasteiger partial charge < -0.3 is 10.1 Å². The van der Waals surface area contributed by atoms with Gasteiger partial charge in [-0.1, -0.05) is 19.1 Å². The molecule has 3 rings (SSSR count). The molecule has 2 fully saturated rings. The van der Waals surface area contributed by atoms with Crippen molar-refractivity contribution in [2.24, 2.45) is 0 Å². The molecule has 0 aromatic heterocycles. The molecular weight excluding hydrogens is 260 g/mol. The molecule has 2 aliphatic rings. The highest BCUT2D eigenvalue weighted by Crippen LogP contribution is 2.30. The molecule has 1 N–H and O–H groups in total. The van der Waals surface area contributed by atoms with Gasteiger partial charge in [-0.05, 0) is 56.8 Å². The van der Waals surface area contributed by atoms with E-state index in [1.807, 2.05) is 0 Å². The van der Waals surface area contributed by atoms with Crippen molar-refractivity contribution in [3.05, 3.63) is 29.8 Å². The van der Waals surface area contributed by atoms with E-state index >= 15 is 0 Å². The Morgan fingerprint density at radius 3 is 2.71 bits per heavy atom. The lowest BCUT2D eigenvalue weighted by Crippen LogP contribution is -2.46. The minimum absolute atomic E-state index is 0.726. The van der Waals surface area contributed by atoms with E-state index < -0.39 is 0 Å². The Bertz CT molecular complexity index is 450. The fourth-order valence-electron chi connectivity index (χ4n) is 3.76. The zero-order valence-electron chi connectivity index (χ0n) is 13.3. The summed E-state index contributed by atoms with van der Waals surface area (Å²) in [5.74, 6) is 1.01. The van der Waals surface area contributed by atoms with Crippen LogP contribution in [0.25, 0.3) is 0 Å². The molecule has 1 aromatic carbocycles. The molecule has 2 unspecified atom stereocenters. The molecule has 116 valence electrons. The molecule has 0 aliphatic carbocycles. The highest BCUT2D eigenvalue weighted by atomic mass is 16.5. The Hall–Kier alpha value is -1.06. The van der Waals surface area contributed by atoms with Crippen molar-refractivity contribution in [1.29, 1.82) is 0 Å². The van der Waals surface area contributed by atoms with Crippen LogP contribution in [0.1, 0.15) is 44.6 Å². The van der Waals surface area contributed by atoms with Gasteiger partial charge in [0.1, 0.15) is 5.75 Å². The topological polar surface area (TPSA) is 24.5 Å². The summed E-state index contributed by atoms with van der Waals surface area (Å²) in [5.41, 5.74) is 1.36. The summed E-state index contributed by atoms with van der Waals surface area (Å²) >= 11 is 0. The minimum Gasteiger partial charge on any atom is -0.494 e. The summed E-state index contributed by atoms with van der Waals surface area (Å²) in [6, 6.07) is 10.8. The van der Waals surface area contributed by atoms with Crippen LogP contribution in [0.3, 0.4) is 0 Å². The van der Waals surface area contributed by atoms with E-state index in [0.29, 0.717) is 0 Å². The molecule has 21 heavy (non-hydrogen) atoms. The molecule has 0 saturated carbocycles. The lowest BCUT2D eigenvalue weighted by molar-refractivity contribution is 0.165. The van der Waals surface area contributed by atoms with E-state index in [2.05, 4.69) is 48.5 Å². The average Bonchev–Trinajstić information content (AvgIpc) is 2.84. The predicted octanol–water partition coefficient (Wildman–Crippen LogP) is 3.19. The first-order valence-electron chi connectivity index (χ1n) is 8.42. The third kappa shape index (κ3) is 3.78. The molecule has 3 heteroatoms. The molecule has 0 spiro atoms. The standard InChI is InChI=1S/C18H28N2O/c1-3-9-21-18-6-4-5-14(10-18)13-20(2)17-11-15-7-8-16(12-17)19-15/h4-6,10,15-17,19H,3,7-9,11-13H2,1-2H3. The Labute approximate surface area is 128 Å². The molecule has 2 heterocycles. The molecule has 2 aliphatic heterocycles. The Morgan fingerprint density at radius 2 is 2.00 bits per heavy atom. The number of nitrogens with one attached hydrogen (secondary N) is 1. The Morgan fingerprint density at radius 1 is 1.24 bits per heavy atom. The minimum atomic E-state index is 0.726. The highest BCUT2D eigenvalue weighted by Gasteiger charge is 2.34. The van der Waals surface area contributed by atoms with Gasteiger partial charge in [0.2, 0.25) is 0 Å². The number of ether oxygens (including phenoxy) is 1. The van der Waals surface area contributed by atoms with Gasteiger partial charge in [0.15, 0.2) is 0 Å². The van der Waals surface area contributed by atoms with Crippen LogP contribution < -0.4 is 10.1 Å². The van der Waals surface area contributed by atoms with Crippen molar-refractivity contribution in [1.82, 2.24) is 10.2 Å². The lowest BCUT2D eigenvalue weighted by atomic mass is 9.98. The molecule has 2 bridgehead atoms.